The zero-order chi connectivity index (χ0) is 23.4. The lowest BCUT2D eigenvalue weighted by atomic mass is 10.0. The average molecular weight is 444 g/mol. The van der Waals surface area contributed by atoms with Gasteiger partial charge in [-0.1, -0.05) is 127 Å². The minimum absolute atomic E-state index is 0.708. The average Bonchev–Trinajstić information content (AvgIpc) is 3.26. The molecule has 0 saturated heterocycles. The summed E-state index contributed by atoms with van der Waals surface area (Å²) in [7, 11) is 0. The number of para-hydroxylation sites is 1. The summed E-state index contributed by atoms with van der Waals surface area (Å²) in [5, 5.41) is 4.68. The first-order valence-corrected chi connectivity index (χ1v) is 11.5. The molecule has 1 N–H and O–H groups in total. The van der Waals surface area contributed by atoms with Crippen molar-refractivity contribution in [3.63, 3.8) is 0 Å². The molecule has 4 rings (SSSR count). The summed E-state index contributed by atoms with van der Waals surface area (Å²) in [5.74, 6) is 0.832. The first-order valence-electron chi connectivity index (χ1n) is 11.5. The molecule has 1 aromatic heterocycles. The second-order valence-electron chi connectivity index (χ2n) is 7.93. The lowest BCUT2D eigenvalue weighted by Gasteiger charge is -2.12. The Morgan fingerprint density at radius 1 is 0.706 bits per heavy atom. The van der Waals surface area contributed by atoms with Crippen LogP contribution in [0.5, 0.6) is 0 Å². The van der Waals surface area contributed by atoms with E-state index in [9.17, 15) is 0 Å². The summed E-state index contributed by atoms with van der Waals surface area (Å²) in [6, 6.07) is 10.2. The SMILES string of the molecule is CC1=C\C=C/C=C(/C2=C/C(c3cc4ccccc4o3)=C\C=C/C=C\C=C\CN2)\C=C\C=C\C=C/1. The molecular weight excluding hydrogens is 414 g/mol. The maximum absolute atomic E-state index is 6.21. The van der Waals surface area contributed by atoms with Crippen molar-refractivity contribution < 1.29 is 4.42 Å². The molecule has 168 valence electrons. The molecule has 2 heterocycles. The Balaban J connectivity index is 1.80. The summed E-state index contributed by atoms with van der Waals surface area (Å²) in [4.78, 5) is 0. The highest BCUT2D eigenvalue weighted by Crippen LogP contribution is 2.27. The zero-order valence-corrected chi connectivity index (χ0v) is 19.4. The van der Waals surface area contributed by atoms with E-state index in [2.05, 4.69) is 91.2 Å². The molecule has 0 unspecified atom stereocenters. The van der Waals surface area contributed by atoms with Crippen LogP contribution in [0.25, 0.3) is 16.5 Å². The highest BCUT2D eigenvalue weighted by Gasteiger charge is 2.09. The fraction of sp³-hybridized carbons (Fsp3) is 0.0625. The maximum atomic E-state index is 6.21. The van der Waals surface area contributed by atoms with Gasteiger partial charge in [-0.25, -0.2) is 0 Å². The molecule has 2 aromatic rings. The fourth-order valence-corrected chi connectivity index (χ4v) is 3.54. The molecule has 2 aliphatic rings. The predicted molar refractivity (Wildman–Crippen MR) is 146 cm³/mol. The topological polar surface area (TPSA) is 25.2 Å². The summed E-state index contributed by atoms with van der Waals surface area (Å²) in [5.41, 5.74) is 5.16. The van der Waals surface area contributed by atoms with E-state index in [-0.39, 0.29) is 0 Å². The van der Waals surface area contributed by atoms with E-state index >= 15 is 0 Å². The number of rotatable bonds is 2. The van der Waals surface area contributed by atoms with Crippen LogP contribution < -0.4 is 5.32 Å². The molecule has 1 aromatic carbocycles. The summed E-state index contributed by atoms with van der Waals surface area (Å²) >= 11 is 0. The molecular formula is C32H29NO. The van der Waals surface area contributed by atoms with Gasteiger partial charge in [0.1, 0.15) is 11.3 Å². The van der Waals surface area contributed by atoms with Gasteiger partial charge in [0, 0.05) is 23.2 Å². The van der Waals surface area contributed by atoms with Crippen molar-refractivity contribution in [1.82, 2.24) is 5.32 Å². The second-order valence-corrected chi connectivity index (χ2v) is 7.93. The van der Waals surface area contributed by atoms with Crippen LogP contribution in [0.3, 0.4) is 0 Å². The van der Waals surface area contributed by atoms with E-state index in [4.69, 9.17) is 4.42 Å². The number of fused-ring (bicyclic) bond motifs is 1. The van der Waals surface area contributed by atoms with E-state index < -0.39 is 0 Å². The standard InChI is InChI=1S/C32H29NO/c1-26-16-8-5-6-9-18-27(19-12-11-17-26)30-24-28(20-10-4-2-3-7-15-23-33-30)32-25-29-21-13-14-22-31(29)34-32/h2-22,24-25,33H,23H2,1H3/b3-2-,6-5+,8-5?,9-6?,10-4-,12-11-,15-7+,16-8-,17-11?,18-9+,19-12?,26-16?,26-17-,27-18?,27-19+,28-20+,30-24-. The van der Waals surface area contributed by atoms with Gasteiger partial charge in [0.2, 0.25) is 0 Å². The lowest BCUT2D eigenvalue weighted by Crippen LogP contribution is -2.14. The second kappa shape index (κ2) is 12.1. The van der Waals surface area contributed by atoms with E-state index in [1.807, 2.05) is 60.7 Å². The van der Waals surface area contributed by atoms with E-state index in [0.29, 0.717) is 6.54 Å². The van der Waals surface area contributed by atoms with Gasteiger partial charge in [-0.2, -0.15) is 0 Å². The normalized spacial score (nSPS) is 29.7. The third-order valence-electron chi connectivity index (χ3n) is 5.30. The van der Waals surface area contributed by atoms with Crippen LogP contribution >= 0.6 is 0 Å². The summed E-state index contributed by atoms with van der Waals surface area (Å²) in [6.45, 7) is 2.80. The quantitative estimate of drug-likeness (QED) is 0.507. The van der Waals surface area contributed by atoms with Gasteiger partial charge in [-0.15, -0.1) is 0 Å². The van der Waals surface area contributed by atoms with Crippen molar-refractivity contribution in [3.05, 3.63) is 162 Å². The highest BCUT2D eigenvalue weighted by molar-refractivity contribution is 5.85. The van der Waals surface area contributed by atoms with Crippen LogP contribution in [-0.2, 0) is 0 Å². The smallest absolute Gasteiger partial charge is 0.135 e. The Morgan fingerprint density at radius 3 is 2.32 bits per heavy atom. The monoisotopic (exact) mass is 443 g/mol. The van der Waals surface area contributed by atoms with Crippen LogP contribution in [0, 0.1) is 0 Å². The molecule has 1 aliphatic heterocycles. The largest absolute Gasteiger partial charge is 0.456 e. The van der Waals surface area contributed by atoms with Crippen molar-refractivity contribution in [3.8, 4) is 0 Å². The van der Waals surface area contributed by atoms with Crippen molar-refractivity contribution in [2.75, 3.05) is 6.54 Å². The highest BCUT2D eigenvalue weighted by atomic mass is 16.3. The molecule has 0 bridgehead atoms. The van der Waals surface area contributed by atoms with E-state index in [1.54, 1.807) is 0 Å². The van der Waals surface area contributed by atoms with Crippen molar-refractivity contribution in [2.45, 2.75) is 6.92 Å². The third-order valence-corrected chi connectivity index (χ3v) is 5.30. The first kappa shape index (κ1) is 22.9. The molecule has 2 heteroatoms. The van der Waals surface area contributed by atoms with Gasteiger partial charge in [0.05, 0.1) is 0 Å². The minimum atomic E-state index is 0.708. The maximum Gasteiger partial charge on any atom is 0.135 e. The van der Waals surface area contributed by atoms with Gasteiger partial charge < -0.3 is 9.73 Å². The number of nitrogens with one attached hydrogen (secondary N) is 1. The molecule has 34 heavy (non-hydrogen) atoms. The van der Waals surface area contributed by atoms with Crippen LogP contribution in [0.4, 0.5) is 0 Å². The Bertz CT molecular complexity index is 1310. The fourth-order valence-electron chi connectivity index (χ4n) is 3.54. The van der Waals surface area contributed by atoms with Crippen molar-refractivity contribution in [2.24, 2.45) is 0 Å². The molecule has 0 spiro atoms. The number of allylic oxidation sites excluding steroid dienone is 19. The van der Waals surface area contributed by atoms with Gasteiger partial charge in [0.15, 0.2) is 0 Å². The van der Waals surface area contributed by atoms with Crippen LogP contribution in [-0.4, -0.2) is 6.54 Å². The molecule has 0 radical (unpaired) electrons. The molecule has 0 saturated carbocycles. The summed E-state index contributed by atoms with van der Waals surface area (Å²) < 4.78 is 6.21. The summed E-state index contributed by atoms with van der Waals surface area (Å²) in [6.07, 6.45) is 37.3. The van der Waals surface area contributed by atoms with E-state index in [1.165, 1.54) is 5.57 Å². The minimum Gasteiger partial charge on any atom is -0.456 e. The lowest BCUT2D eigenvalue weighted by molar-refractivity contribution is 0.601. The van der Waals surface area contributed by atoms with Gasteiger partial charge in [-0.3, -0.25) is 0 Å². The molecule has 2 nitrogen and oxygen atoms in total. The Hall–Kier alpha value is -4.30. The first-order chi connectivity index (χ1) is 16.8. The molecule has 0 amide bonds. The van der Waals surface area contributed by atoms with Crippen LogP contribution in [0.2, 0.25) is 0 Å². The number of hydrogen-bond acceptors (Lipinski definition) is 2. The number of furan rings is 1. The van der Waals surface area contributed by atoms with Crippen LogP contribution in [0.15, 0.2) is 161 Å². The van der Waals surface area contributed by atoms with Gasteiger partial charge >= 0.3 is 0 Å². The Labute approximate surface area is 202 Å². The third kappa shape index (κ3) is 6.60. The van der Waals surface area contributed by atoms with Gasteiger partial charge in [0.25, 0.3) is 0 Å². The molecule has 1 aliphatic carbocycles. The molecule has 0 fully saturated rings. The van der Waals surface area contributed by atoms with Crippen molar-refractivity contribution >= 4 is 16.5 Å². The number of benzene rings is 1. The van der Waals surface area contributed by atoms with Gasteiger partial charge in [-0.05, 0) is 30.7 Å². The van der Waals surface area contributed by atoms with Crippen LogP contribution in [0.1, 0.15) is 12.7 Å². The Kier molecular flexibility index (Phi) is 8.13. The predicted octanol–water partition coefficient (Wildman–Crippen LogP) is 8.08. The Morgan fingerprint density at radius 2 is 1.41 bits per heavy atom. The van der Waals surface area contributed by atoms with Crippen molar-refractivity contribution in [1.29, 1.82) is 0 Å². The number of hydrogen-bond donors (Lipinski definition) is 1. The molecule has 0 atom stereocenters. The van der Waals surface area contributed by atoms with E-state index in [0.717, 1.165) is 33.6 Å². The zero-order valence-electron chi connectivity index (χ0n) is 19.4.